The van der Waals surface area contributed by atoms with Crippen molar-refractivity contribution in [3.63, 3.8) is 0 Å². The van der Waals surface area contributed by atoms with Gasteiger partial charge in [0.2, 0.25) is 0 Å². The second kappa shape index (κ2) is 22.7. The summed E-state index contributed by atoms with van der Waals surface area (Å²) in [4.78, 5) is 12.5. The van der Waals surface area contributed by atoms with Crippen molar-refractivity contribution < 1.29 is 9.15 Å². The lowest BCUT2D eigenvalue weighted by atomic mass is 9.30. The van der Waals surface area contributed by atoms with Gasteiger partial charge in [-0.3, -0.25) is 0 Å². The van der Waals surface area contributed by atoms with E-state index in [9.17, 15) is 0 Å². The molecule has 0 radical (unpaired) electrons. The third-order valence-corrected chi connectivity index (χ3v) is 20.9. The second-order valence-electron chi connectivity index (χ2n) is 27.1. The van der Waals surface area contributed by atoms with Crippen LogP contribution in [0.5, 0.6) is 11.5 Å². The predicted octanol–water partition coefficient (Wildman–Crippen LogP) is 20.5. The number of fused-ring (bicyclic) bond motifs is 11. The van der Waals surface area contributed by atoms with Gasteiger partial charge in [0.25, 0.3) is 13.4 Å². The molecule has 0 aliphatic carbocycles. The van der Waals surface area contributed by atoms with Crippen molar-refractivity contribution in [3.05, 3.63) is 331 Å². The Hall–Kier alpha value is -12.2. The topological polar surface area (TPSA) is 38.6 Å². The minimum atomic E-state index is -0.232. The van der Waals surface area contributed by atoms with E-state index in [0.717, 1.165) is 135 Å². The monoisotopic (exact) mass is 1270 g/mol. The van der Waals surface area contributed by atoms with Crippen LogP contribution in [0.25, 0.3) is 33.1 Å². The minimum Gasteiger partial charge on any atom is -0.458 e. The van der Waals surface area contributed by atoms with E-state index in [0.29, 0.717) is 0 Å². The summed E-state index contributed by atoms with van der Waals surface area (Å²) in [5.41, 5.74) is 34.4. The van der Waals surface area contributed by atoms with Crippen LogP contribution in [0.2, 0.25) is 0 Å². The zero-order valence-corrected chi connectivity index (χ0v) is 56.0. The van der Waals surface area contributed by atoms with Crippen molar-refractivity contribution in [1.29, 1.82) is 0 Å². The lowest BCUT2D eigenvalue weighted by Crippen LogP contribution is -2.64. The molecule has 5 heterocycles. The molecule has 99 heavy (non-hydrogen) atoms. The first-order chi connectivity index (χ1) is 48.6. The molecule has 0 saturated carbocycles. The standard InChI is InChI=1S/C90H67B2N5O2/c1-56-46-58(3)89(59(4)47-56)94(64-32-15-9-16-33-64)67-52-81-88-85(53-67)99-84-55-78-73(54-74(84)92(88)72-40-22-25-43-77(72)97(81)90-60(5)48-57(2)49-61(90)6)91-71-39-21-24-42-76(71)95(65-34-17-10-18-35-65)79-50-66(93(62-28-11-7-12-29-62)63-30-13-8-14-31-63)51-80(87(79)91)96(78)75-41-23-19-36-68(75)69-38-27-45-83-86(69)70-37-20-26-44-82(70)98-83/h7-55H,1-6H3. The van der Waals surface area contributed by atoms with Gasteiger partial charge in [0.05, 0.1) is 28.4 Å². The highest BCUT2D eigenvalue weighted by molar-refractivity contribution is 7.02. The number of hydrogen-bond donors (Lipinski definition) is 0. The SMILES string of the molecule is Cc1cc(C)c(N(c2ccccc2)c2cc3c4c(c2)N(c2c(C)cc(C)cc2C)c2ccccc2B4c2cc4c(cc2O3)N(c2ccccc2-c2cccc3oc5ccccc5c23)c2cc(N(c3ccccc3)c3ccccc3)cc3c2B4c2ccccc2N3c2ccccc2)c(C)c1. The zero-order valence-electron chi connectivity index (χ0n) is 56.0. The first kappa shape index (κ1) is 58.2. The van der Waals surface area contributed by atoms with Gasteiger partial charge in [-0.1, -0.05) is 199 Å². The van der Waals surface area contributed by atoms with Crippen molar-refractivity contribution in [1.82, 2.24) is 0 Å². The van der Waals surface area contributed by atoms with E-state index in [2.05, 4.69) is 363 Å². The molecule has 0 amide bonds. The van der Waals surface area contributed by atoms with Crippen LogP contribution in [0.1, 0.15) is 33.4 Å². The number of ether oxygens (including phenoxy) is 1. The quantitative estimate of drug-likeness (QED) is 0.126. The second-order valence-corrected chi connectivity index (χ2v) is 27.1. The van der Waals surface area contributed by atoms with E-state index in [1.165, 1.54) is 60.9 Å². The largest absolute Gasteiger partial charge is 0.458 e. The molecule has 19 rings (SSSR count). The number of aryl methyl sites for hydroxylation is 6. The van der Waals surface area contributed by atoms with Gasteiger partial charge < -0.3 is 33.7 Å². The summed E-state index contributed by atoms with van der Waals surface area (Å²) in [7, 11) is 0. The van der Waals surface area contributed by atoms with Gasteiger partial charge in [-0.25, -0.2) is 0 Å². The molecular weight excluding hydrogens is 1200 g/mol. The van der Waals surface area contributed by atoms with Crippen LogP contribution in [-0.2, 0) is 0 Å². The number of nitrogens with zero attached hydrogens (tertiary/aromatic N) is 5. The van der Waals surface area contributed by atoms with Crippen molar-refractivity contribution in [2.24, 2.45) is 0 Å². The molecule has 7 nitrogen and oxygen atoms in total. The summed E-state index contributed by atoms with van der Waals surface area (Å²) in [6, 6.07) is 110. The number of hydrogen-bond acceptors (Lipinski definition) is 7. The Morgan fingerprint density at radius 1 is 0.303 bits per heavy atom. The van der Waals surface area contributed by atoms with Crippen molar-refractivity contribution in [3.8, 4) is 22.6 Å². The number of para-hydroxylation sites is 8. The molecule has 0 bridgehead atoms. The highest BCUT2D eigenvalue weighted by Crippen LogP contribution is 2.54. The van der Waals surface area contributed by atoms with Crippen LogP contribution < -0.4 is 62.0 Å². The third kappa shape index (κ3) is 9.07. The summed E-state index contributed by atoms with van der Waals surface area (Å²) in [5, 5.41) is 2.15. The zero-order chi connectivity index (χ0) is 66.3. The molecule has 1 aromatic heterocycles. The summed E-state index contributed by atoms with van der Waals surface area (Å²) < 4.78 is 14.7. The van der Waals surface area contributed by atoms with Crippen molar-refractivity contribution in [2.45, 2.75) is 41.5 Å². The summed E-state index contributed by atoms with van der Waals surface area (Å²) in [5.74, 6) is 1.63. The molecule has 0 N–H and O–H groups in total. The van der Waals surface area contributed by atoms with Crippen molar-refractivity contribution >= 4 is 153 Å². The van der Waals surface area contributed by atoms with Gasteiger partial charge in [0.1, 0.15) is 22.7 Å². The van der Waals surface area contributed by atoms with Crippen LogP contribution in [0, 0.1) is 41.5 Å². The molecule has 9 heteroatoms. The van der Waals surface area contributed by atoms with Gasteiger partial charge in [0, 0.05) is 85.3 Å². The van der Waals surface area contributed by atoms with Gasteiger partial charge in [-0.05, 0) is 199 Å². The molecule has 15 aromatic rings. The lowest BCUT2D eigenvalue weighted by molar-refractivity contribution is 0.488. The van der Waals surface area contributed by atoms with E-state index in [1.807, 2.05) is 0 Å². The molecule has 4 aliphatic heterocycles. The van der Waals surface area contributed by atoms with E-state index >= 15 is 0 Å². The Morgan fingerprint density at radius 2 is 0.788 bits per heavy atom. The normalized spacial score (nSPS) is 12.9. The highest BCUT2D eigenvalue weighted by Gasteiger charge is 2.49. The third-order valence-electron chi connectivity index (χ3n) is 20.9. The molecule has 0 saturated heterocycles. The van der Waals surface area contributed by atoms with Gasteiger partial charge in [0.15, 0.2) is 0 Å². The first-order valence-corrected chi connectivity index (χ1v) is 34.4. The number of furan rings is 1. The predicted molar refractivity (Wildman–Crippen MR) is 417 cm³/mol. The van der Waals surface area contributed by atoms with E-state index in [-0.39, 0.29) is 13.4 Å². The smallest absolute Gasteiger partial charge is 0.256 e. The number of rotatable bonds is 10. The fraction of sp³-hybridized carbons (Fsp3) is 0.0667. The van der Waals surface area contributed by atoms with Gasteiger partial charge in [-0.15, -0.1) is 0 Å². The fourth-order valence-electron chi connectivity index (χ4n) is 17.3. The Balaban J connectivity index is 0.932. The maximum atomic E-state index is 8.01. The highest BCUT2D eigenvalue weighted by atomic mass is 16.5. The van der Waals surface area contributed by atoms with Gasteiger partial charge >= 0.3 is 0 Å². The van der Waals surface area contributed by atoms with Crippen LogP contribution >= 0.6 is 0 Å². The minimum absolute atomic E-state index is 0.231. The molecule has 0 unspecified atom stereocenters. The average Bonchev–Trinajstić information content (AvgIpc) is 0.727. The van der Waals surface area contributed by atoms with Crippen LogP contribution in [0.3, 0.4) is 0 Å². The van der Waals surface area contributed by atoms with Crippen LogP contribution in [0.15, 0.2) is 302 Å². The van der Waals surface area contributed by atoms with Crippen LogP contribution in [0.4, 0.5) is 85.3 Å². The summed E-state index contributed by atoms with van der Waals surface area (Å²) in [6.45, 7) is 13.0. The number of benzene rings is 14. The molecule has 4 aliphatic rings. The summed E-state index contributed by atoms with van der Waals surface area (Å²) in [6.07, 6.45) is 0. The molecule has 0 spiro atoms. The average molecular weight is 1270 g/mol. The fourth-order valence-corrected chi connectivity index (χ4v) is 17.3. The molecule has 14 aromatic carbocycles. The molecule has 0 fully saturated rings. The van der Waals surface area contributed by atoms with E-state index in [1.54, 1.807) is 0 Å². The van der Waals surface area contributed by atoms with Crippen molar-refractivity contribution in [2.75, 3.05) is 24.5 Å². The lowest BCUT2D eigenvalue weighted by Gasteiger charge is -2.46. The first-order valence-electron chi connectivity index (χ1n) is 34.4. The molecule has 470 valence electrons. The molecular formula is C90H67B2N5O2. The Labute approximate surface area is 578 Å². The maximum absolute atomic E-state index is 8.01. The van der Waals surface area contributed by atoms with Crippen LogP contribution in [-0.4, -0.2) is 13.4 Å². The Morgan fingerprint density at radius 3 is 1.43 bits per heavy atom. The van der Waals surface area contributed by atoms with E-state index in [4.69, 9.17) is 9.15 Å². The summed E-state index contributed by atoms with van der Waals surface area (Å²) >= 11 is 0. The molecule has 0 atom stereocenters. The Bertz CT molecular complexity index is 5710. The van der Waals surface area contributed by atoms with E-state index < -0.39 is 0 Å². The van der Waals surface area contributed by atoms with Gasteiger partial charge in [-0.2, -0.15) is 0 Å². The maximum Gasteiger partial charge on any atom is 0.256 e. The number of anilines is 15. The Kier molecular flexibility index (Phi) is 13.4.